The van der Waals surface area contributed by atoms with Crippen molar-refractivity contribution >= 4 is 34.8 Å². The van der Waals surface area contributed by atoms with Gasteiger partial charge in [0.25, 0.3) is 0 Å². The lowest BCUT2D eigenvalue weighted by molar-refractivity contribution is -0.152. The first-order chi connectivity index (χ1) is 18.1. The predicted octanol–water partition coefficient (Wildman–Crippen LogP) is 4.79. The van der Waals surface area contributed by atoms with Crippen LogP contribution < -0.4 is 5.32 Å². The first-order valence-corrected chi connectivity index (χ1v) is 13.2. The molecule has 204 valence electrons. The Kier molecular flexibility index (Phi) is 8.11. The van der Waals surface area contributed by atoms with Gasteiger partial charge in [0.05, 0.1) is 20.3 Å². The molecule has 0 radical (unpaired) electrons. The van der Waals surface area contributed by atoms with Crippen LogP contribution >= 0.6 is 0 Å². The zero-order valence-corrected chi connectivity index (χ0v) is 22.9. The summed E-state index contributed by atoms with van der Waals surface area (Å²) in [6.45, 7) is 5.99. The van der Waals surface area contributed by atoms with E-state index in [0.29, 0.717) is 6.42 Å². The third-order valence-corrected chi connectivity index (χ3v) is 7.55. The minimum Gasteiger partial charge on any atom is -0.467 e. The summed E-state index contributed by atoms with van der Waals surface area (Å²) in [5.41, 5.74) is 0.382. The highest BCUT2D eigenvalue weighted by Crippen LogP contribution is 2.41. The Balaban J connectivity index is 1.81. The number of rotatable bonds is 2. The summed E-state index contributed by atoms with van der Waals surface area (Å²) in [7, 11) is 2.90. The molecule has 1 saturated heterocycles. The van der Waals surface area contributed by atoms with Gasteiger partial charge in [0.2, 0.25) is 5.91 Å². The number of amides is 2. The van der Waals surface area contributed by atoms with Crippen molar-refractivity contribution in [1.29, 1.82) is 0 Å². The molecule has 2 aliphatic rings. The van der Waals surface area contributed by atoms with Crippen LogP contribution in [0.5, 0.6) is 0 Å². The standard InChI is InChI=1S/C30H38N2O6/c1-29(2,3)25-26(33)32-19-30(37-5,18-24(32)27(34)36-4)23-14-13-21-12-11-20(16-22(21)17-23)10-8-6-7-9-15-38-28(35)31-25/h8,10-14,16-17,24-25H,6-7,9,15,18-19H2,1-5H3,(H,31,35)/t24-,25+,30-/m0/s1. The molecular weight excluding hydrogens is 484 g/mol. The third kappa shape index (κ3) is 5.70. The molecule has 2 aromatic rings. The van der Waals surface area contributed by atoms with Crippen molar-refractivity contribution in [3.8, 4) is 0 Å². The van der Waals surface area contributed by atoms with Crippen LogP contribution in [0.25, 0.3) is 16.8 Å². The van der Waals surface area contributed by atoms with Crippen LogP contribution in [0.4, 0.5) is 4.79 Å². The third-order valence-electron chi connectivity index (χ3n) is 7.55. The molecule has 1 fully saturated rings. The number of alkyl carbamates (subject to hydrolysis) is 1. The highest BCUT2D eigenvalue weighted by molar-refractivity contribution is 5.91. The molecule has 1 N–H and O–H groups in total. The Bertz CT molecular complexity index is 1230. The van der Waals surface area contributed by atoms with Gasteiger partial charge in [-0.25, -0.2) is 9.59 Å². The molecule has 3 atom stereocenters. The second kappa shape index (κ2) is 11.2. The maximum absolute atomic E-state index is 14.0. The molecule has 4 rings (SSSR count). The summed E-state index contributed by atoms with van der Waals surface area (Å²) < 4.78 is 16.6. The largest absolute Gasteiger partial charge is 0.467 e. The first kappa shape index (κ1) is 27.6. The molecule has 0 aliphatic carbocycles. The molecule has 2 amide bonds. The fourth-order valence-corrected chi connectivity index (χ4v) is 5.30. The molecule has 2 aromatic carbocycles. The van der Waals surface area contributed by atoms with Crippen LogP contribution in [-0.4, -0.2) is 62.3 Å². The smallest absolute Gasteiger partial charge is 0.407 e. The Labute approximate surface area is 224 Å². The Morgan fingerprint density at radius 3 is 2.55 bits per heavy atom. The summed E-state index contributed by atoms with van der Waals surface area (Å²) in [6, 6.07) is 10.6. The average molecular weight is 523 g/mol. The van der Waals surface area contributed by atoms with E-state index < -0.39 is 35.2 Å². The lowest BCUT2D eigenvalue weighted by Crippen LogP contribution is -2.57. The zero-order valence-electron chi connectivity index (χ0n) is 22.9. The average Bonchev–Trinajstić information content (AvgIpc) is 3.30. The van der Waals surface area contributed by atoms with Crippen molar-refractivity contribution in [2.45, 2.75) is 64.1 Å². The Morgan fingerprint density at radius 1 is 1.08 bits per heavy atom. The molecule has 0 unspecified atom stereocenters. The molecule has 2 heterocycles. The number of hydrogen-bond donors (Lipinski definition) is 1. The number of ether oxygens (including phenoxy) is 3. The van der Waals surface area contributed by atoms with E-state index >= 15 is 0 Å². The van der Waals surface area contributed by atoms with Gasteiger partial charge in [0.15, 0.2) is 0 Å². The quantitative estimate of drug-likeness (QED) is 0.570. The van der Waals surface area contributed by atoms with Gasteiger partial charge in [-0.15, -0.1) is 0 Å². The molecule has 0 spiro atoms. The lowest BCUT2D eigenvalue weighted by atomic mass is 9.85. The van der Waals surface area contributed by atoms with Crippen molar-refractivity contribution in [2.24, 2.45) is 5.41 Å². The molecule has 2 aliphatic heterocycles. The number of esters is 1. The van der Waals surface area contributed by atoms with Gasteiger partial charge in [0, 0.05) is 13.5 Å². The Hall–Kier alpha value is -3.39. The molecule has 5 bridgehead atoms. The Morgan fingerprint density at radius 2 is 1.84 bits per heavy atom. The van der Waals surface area contributed by atoms with Gasteiger partial charge in [-0.2, -0.15) is 0 Å². The van der Waals surface area contributed by atoms with E-state index in [1.54, 1.807) is 7.11 Å². The van der Waals surface area contributed by atoms with E-state index in [9.17, 15) is 14.4 Å². The van der Waals surface area contributed by atoms with E-state index in [0.717, 1.165) is 34.7 Å². The number of methoxy groups -OCH3 is 2. The fourth-order valence-electron chi connectivity index (χ4n) is 5.30. The summed E-state index contributed by atoms with van der Waals surface area (Å²) in [5.74, 6) is -0.906. The molecular formula is C30H38N2O6. The maximum atomic E-state index is 14.0. The topological polar surface area (TPSA) is 94.2 Å². The second-order valence-corrected chi connectivity index (χ2v) is 11.2. The number of nitrogens with zero attached hydrogens (tertiary/aromatic N) is 1. The van der Waals surface area contributed by atoms with Crippen LogP contribution in [0.15, 0.2) is 42.5 Å². The fraction of sp³-hybridized carbons (Fsp3) is 0.500. The number of cyclic esters (lactones) is 1. The van der Waals surface area contributed by atoms with E-state index in [1.807, 2.05) is 32.9 Å². The van der Waals surface area contributed by atoms with E-state index in [1.165, 1.54) is 12.0 Å². The van der Waals surface area contributed by atoms with Gasteiger partial charge in [-0.3, -0.25) is 4.79 Å². The number of benzene rings is 2. The number of fused-ring (bicyclic) bond motifs is 5. The molecule has 38 heavy (non-hydrogen) atoms. The highest BCUT2D eigenvalue weighted by Gasteiger charge is 2.53. The second-order valence-electron chi connectivity index (χ2n) is 11.2. The number of carbonyl (C=O) groups is 3. The first-order valence-electron chi connectivity index (χ1n) is 13.2. The minimum atomic E-state index is -0.930. The molecule has 8 nitrogen and oxygen atoms in total. The highest BCUT2D eigenvalue weighted by atomic mass is 16.5. The molecule has 8 heteroatoms. The minimum absolute atomic E-state index is 0.135. The monoisotopic (exact) mass is 522 g/mol. The maximum Gasteiger partial charge on any atom is 0.407 e. The predicted molar refractivity (Wildman–Crippen MR) is 145 cm³/mol. The van der Waals surface area contributed by atoms with Crippen molar-refractivity contribution in [1.82, 2.24) is 10.2 Å². The number of carbonyl (C=O) groups excluding carboxylic acids is 3. The summed E-state index contributed by atoms with van der Waals surface area (Å²) >= 11 is 0. The summed E-state index contributed by atoms with van der Waals surface area (Å²) in [5, 5.41) is 4.90. The molecule has 0 aromatic heterocycles. The van der Waals surface area contributed by atoms with Gasteiger partial charge in [-0.1, -0.05) is 57.2 Å². The zero-order chi connectivity index (χ0) is 27.5. The number of nitrogens with one attached hydrogen (secondary N) is 1. The van der Waals surface area contributed by atoms with Crippen molar-refractivity contribution in [3.63, 3.8) is 0 Å². The van der Waals surface area contributed by atoms with Crippen LogP contribution in [0.3, 0.4) is 0 Å². The van der Waals surface area contributed by atoms with Crippen LogP contribution in [0.2, 0.25) is 0 Å². The normalized spacial score (nSPS) is 25.0. The SMILES string of the molecule is COC(=O)[C@@H]1C[C@]2(OC)CN1C(=O)[C@H](C(C)(C)C)NC(=O)OCCCCC=Cc1ccc3ccc2cc3c1. The molecule has 0 saturated carbocycles. The van der Waals surface area contributed by atoms with Crippen molar-refractivity contribution < 1.29 is 28.6 Å². The van der Waals surface area contributed by atoms with Gasteiger partial charge in [0.1, 0.15) is 17.7 Å². The van der Waals surface area contributed by atoms with Gasteiger partial charge in [-0.05, 0) is 58.7 Å². The van der Waals surface area contributed by atoms with Crippen molar-refractivity contribution in [3.05, 3.63) is 53.6 Å². The summed E-state index contributed by atoms with van der Waals surface area (Å²) in [4.78, 5) is 41.1. The van der Waals surface area contributed by atoms with Crippen LogP contribution in [0.1, 0.15) is 57.6 Å². The van der Waals surface area contributed by atoms with Gasteiger partial charge < -0.3 is 24.4 Å². The number of hydrogen-bond acceptors (Lipinski definition) is 6. The van der Waals surface area contributed by atoms with E-state index in [4.69, 9.17) is 14.2 Å². The lowest BCUT2D eigenvalue weighted by Gasteiger charge is -2.35. The van der Waals surface area contributed by atoms with Crippen LogP contribution in [-0.2, 0) is 29.4 Å². The van der Waals surface area contributed by atoms with E-state index in [2.05, 4.69) is 41.7 Å². The number of allylic oxidation sites excluding steroid dienone is 1. The summed E-state index contributed by atoms with van der Waals surface area (Å²) in [6.07, 6.45) is 6.24. The van der Waals surface area contributed by atoms with Crippen molar-refractivity contribution in [2.75, 3.05) is 27.4 Å². The van der Waals surface area contributed by atoms with Crippen LogP contribution in [0, 0.1) is 5.41 Å². The van der Waals surface area contributed by atoms with Gasteiger partial charge >= 0.3 is 12.1 Å². The van der Waals surface area contributed by atoms with E-state index in [-0.39, 0.29) is 25.5 Å².